The van der Waals surface area contributed by atoms with Gasteiger partial charge < -0.3 is 19.3 Å². The van der Waals surface area contributed by atoms with E-state index in [0.29, 0.717) is 55.7 Å². The number of ketones is 1. The largest absolute Gasteiger partial charge is 0.493 e. The Labute approximate surface area is 221 Å². The normalized spacial score (nSPS) is 17.4. The summed E-state index contributed by atoms with van der Waals surface area (Å²) in [4.78, 5) is 37.5. The van der Waals surface area contributed by atoms with Crippen LogP contribution in [0.25, 0.3) is 10.4 Å². The van der Waals surface area contributed by atoms with Crippen molar-refractivity contribution in [2.75, 3.05) is 49.8 Å². The quantitative estimate of drug-likeness (QED) is 0.417. The highest BCUT2D eigenvalue weighted by Gasteiger charge is 2.30. The Morgan fingerprint density at radius 2 is 1.97 bits per heavy atom. The van der Waals surface area contributed by atoms with E-state index in [4.69, 9.17) is 14.5 Å². The molecule has 0 radical (unpaired) electrons. The third kappa shape index (κ3) is 4.88. The average Bonchev–Trinajstić information content (AvgIpc) is 3.72. The highest BCUT2D eigenvalue weighted by atomic mass is 32.1. The van der Waals surface area contributed by atoms with Crippen LogP contribution in [0.15, 0.2) is 42.5 Å². The Hall–Kier alpha value is -3.23. The third-order valence-corrected chi connectivity index (χ3v) is 8.60. The summed E-state index contributed by atoms with van der Waals surface area (Å²) in [5.41, 5.74) is 3.38. The van der Waals surface area contributed by atoms with Gasteiger partial charge >= 0.3 is 0 Å². The number of hydrogen-bond donors (Lipinski definition) is 0. The van der Waals surface area contributed by atoms with E-state index in [0.717, 1.165) is 46.1 Å². The van der Waals surface area contributed by atoms with E-state index < -0.39 is 0 Å². The first kappa shape index (κ1) is 24.1. The number of methoxy groups -OCH3 is 1. The highest BCUT2D eigenvalue weighted by Crippen LogP contribution is 2.43. The average molecular weight is 518 g/mol. The zero-order valence-electron chi connectivity index (χ0n) is 21.1. The summed E-state index contributed by atoms with van der Waals surface area (Å²) in [5.74, 6) is 2.01. The van der Waals surface area contributed by atoms with Crippen molar-refractivity contribution in [3.05, 3.63) is 58.6 Å². The Bertz CT molecular complexity index is 1320. The maximum Gasteiger partial charge on any atom is 0.276 e. The number of ether oxygens (including phenoxy) is 2. The van der Waals surface area contributed by atoms with E-state index in [1.54, 1.807) is 24.5 Å². The van der Waals surface area contributed by atoms with Gasteiger partial charge in [0.25, 0.3) is 5.91 Å². The molecule has 2 fully saturated rings. The number of aromatic nitrogens is 1. The van der Waals surface area contributed by atoms with Crippen molar-refractivity contribution in [1.82, 2.24) is 4.98 Å². The Morgan fingerprint density at radius 3 is 2.81 bits per heavy atom. The lowest BCUT2D eigenvalue weighted by Gasteiger charge is -2.25. The van der Waals surface area contributed by atoms with Crippen molar-refractivity contribution < 1.29 is 19.1 Å². The monoisotopic (exact) mass is 517 g/mol. The zero-order chi connectivity index (χ0) is 25.4. The first-order valence-electron chi connectivity index (χ1n) is 13.1. The molecule has 1 aliphatic carbocycles. The maximum absolute atomic E-state index is 13.9. The number of Topliss-reactive ketones (excluding diaryl/α,β-unsaturated/α-hetero) is 1. The number of amides is 1. The first-order chi connectivity index (χ1) is 18.1. The molecule has 7 nitrogen and oxygen atoms in total. The van der Waals surface area contributed by atoms with Gasteiger partial charge in [0.1, 0.15) is 5.69 Å². The van der Waals surface area contributed by atoms with Crippen LogP contribution in [0.2, 0.25) is 0 Å². The summed E-state index contributed by atoms with van der Waals surface area (Å²) < 4.78 is 11.2. The number of hydrogen-bond acceptors (Lipinski definition) is 7. The van der Waals surface area contributed by atoms with Gasteiger partial charge in [0, 0.05) is 43.1 Å². The van der Waals surface area contributed by atoms with Crippen molar-refractivity contribution in [3.63, 3.8) is 0 Å². The van der Waals surface area contributed by atoms with Crippen LogP contribution in [-0.4, -0.2) is 56.6 Å². The Kier molecular flexibility index (Phi) is 6.69. The number of rotatable bonds is 6. The Balaban J connectivity index is 1.32. The summed E-state index contributed by atoms with van der Waals surface area (Å²) in [6, 6.07) is 13.6. The molecular formula is C29H31N3O4S. The zero-order valence-corrected chi connectivity index (χ0v) is 21.9. The molecule has 0 unspecified atom stereocenters. The van der Waals surface area contributed by atoms with Crippen molar-refractivity contribution >= 4 is 34.5 Å². The number of para-hydroxylation sites is 1. The van der Waals surface area contributed by atoms with Gasteiger partial charge in [0.15, 0.2) is 17.4 Å². The van der Waals surface area contributed by atoms with Gasteiger partial charge in [-0.3, -0.25) is 9.59 Å². The molecule has 1 saturated carbocycles. The SMILES string of the molecule is COc1ccc(C(=O)N2CCc3cc(C(=O)CC4CC4)sc3-c3ccccc32)nc1N1CCCOCC1. The molecule has 6 rings (SSSR count). The summed E-state index contributed by atoms with van der Waals surface area (Å²) in [7, 11) is 1.63. The van der Waals surface area contributed by atoms with Gasteiger partial charge in [0.05, 0.1) is 24.3 Å². The second-order valence-corrected chi connectivity index (χ2v) is 11.0. The molecule has 37 heavy (non-hydrogen) atoms. The minimum Gasteiger partial charge on any atom is -0.493 e. The number of anilines is 2. The molecule has 192 valence electrons. The summed E-state index contributed by atoms with van der Waals surface area (Å²) in [6.45, 7) is 3.37. The second-order valence-electron chi connectivity index (χ2n) is 9.93. The standard InChI is InChI=1S/C29H31N3O4S/c1-35-25-10-9-22(30-28(25)31-12-4-15-36-16-14-31)29(34)32-13-11-20-18-26(24(33)17-19-7-8-19)37-27(20)21-5-2-3-6-23(21)32/h2-3,5-6,9-10,18-19H,4,7-8,11-17H2,1H3. The van der Waals surface area contributed by atoms with Gasteiger partial charge in [-0.1, -0.05) is 18.2 Å². The fourth-order valence-electron chi connectivity index (χ4n) is 5.17. The predicted molar refractivity (Wildman–Crippen MR) is 145 cm³/mol. The van der Waals surface area contributed by atoms with E-state index in [-0.39, 0.29) is 11.7 Å². The topological polar surface area (TPSA) is 72.0 Å². The molecule has 0 bridgehead atoms. The lowest BCUT2D eigenvalue weighted by Crippen LogP contribution is -2.34. The molecule has 3 aliphatic rings. The summed E-state index contributed by atoms with van der Waals surface area (Å²) >= 11 is 1.57. The van der Waals surface area contributed by atoms with Crippen molar-refractivity contribution in [2.24, 2.45) is 5.92 Å². The van der Waals surface area contributed by atoms with Crippen LogP contribution in [0.4, 0.5) is 11.5 Å². The molecule has 0 spiro atoms. The molecule has 2 aliphatic heterocycles. The summed E-state index contributed by atoms with van der Waals surface area (Å²) in [6.07, 6.45) is 4.58. The fourth-order valence-corrected chi connectivity index (χ4v) is 6.36. The highest BCUT2D eigenvalue weighted by molar-refractivity contribution is 7.17. The molecule has 1 amide bonds. The van der Waals surface area contributed by atoms with E-state index >= 15 is 0 Å². The lowest BCUT2D eigenvalue weighted by atomic mass is 10.1. The molecule has 4 heterocycles. The van der Waals surface area contributed by atoms with Crippen molar-refractivity contribution in [2.45, 2.75) is 32.1 Å². The summed E-state index contributed by atoms with van der Waals surface area (Å²) in [5, 5.41) is 0. The van der Waals surface area contributed by atoms with Crippen LogP contribution in [0, 0.1) is 5.92 Å². The number of benzene rings is 1. The minimum atomic E-state index is -0.136. The molecule has 3 aromatic rings. The van der Waals surface area contributed by atoms with Gasteiger partial charge in [-0.15, -0.1) is 11.3 Å². The van der Waals surface area contributed by atoms with E-state index in [1.165, 1.54) is 12.8 Å². The van der Waals surface area contributed by atoms with Crippen LogP contribution in [0.3, 0.4) is 0 Å². The predicted octanol–water partition coefficient (Wildman–Crippen LogP) is 5.23. The second kappa shape index (κ2) is 10.3. The van der Waals surface area contributed by atoms with Gasteiger partial charge in [-0.05, 0) is 61.4 Å². The fraction of sp³-hybridized carbons (Fsp3) is 0.414. The van der Waals surface area contributed by atoms with Crippen LogP contribution >= 0.6 is 11.3 Å². The molecule has 0 N–H and O–H groups in total. The van der Waals surface area contributed by atoms with Crippen molar-refractivity contribution in [3.8, 4) is 16.2 Å². The number of carbonyl (C=O) groups excluding carboxylic acids is 2. The number of carbonyl (C=O) groups is 2. The third-order valence-electron chi connectivity index (χ3n) is 7.34. The number of fused-ring (bicyclic) bond motifs is 3. The van der Waals surface area contributed by atoms with Crippen LogP contribution in [0.5, 0.6) is 5.75 Å². The first-order valence-corrected chi connectivity index (χ1v) is 13.9. The van der Waals surface area contributed by atoms with Gasteiger partial charge in [-0.25, -0.2) is 4.98 Å². The number of nitrogens with zero attached hydrogens (tertiary/aromatic N) is 3. The lowest BCUT2D eigenvalue weighted by molar-refractivity contribution is 0.0972. The molecule has 0 atom stereocenters. The van der Waals surface area contributed by atoms with Crippen LogP contribution < -0.4 is 14.5 Å². The minimum absolute atomic E-state index is 0.136. The molecule has 8 heteroatoms. The van der Waals surface area contributed by atoms with Crippen molar-refractivity contribution in [1.29, 1.82) is 0 Å². The molecular weight excluding hydrogens is 486 g/mol. The van der Waals surface area contributed by atoms with Gasteiger partial charge in [0.2, 0.25) is 0 Å². The maximum atomic E-state index is 13.9. The van der Waals surface area contributed by atoms with Gasteiger partial charge in [-0.2, -0.15) is 0 Å². The molecule has 2 aromatic heterocycles. The van der Waals surface area contributed by atoms with E-state index in [2.05, 4.69) is 17.0 Å². The molecule has 1 aromatic carbocycles. The Morgan fingerprint density at radius 1 is 1.11 bits per heavy atom. The van der Waals surface area contributed by atoms with E-state index in [9.17, 15) is 9.59 Å². The number of thiophene rings is 1. The van der Waals surface area contributed by atoms with Crippen LogP contribution in [-0.2, 0) is 11.2 Å². The number of pyridine rings is 1. The van der Waals surface area contributed by atoms with E-state index in [1.807, 2.05) is 29.2 Å². The van der Waals surface area contributed by atoms with Crippen LogP contribution in [0.1, 0.15) is 51.4 Å². The molecule has 1 saturated heterocycles. The smallest absolute Gasteiger partial charge is 0.276 e.